The molecule has 0 aromatic heterocycles. The molecule has 1 aromatic rings. The molecule has 0 amide bonds. The molecular formula is C11H14F2N2O2. The van der Waals surface area contributed by atoms with E-state index in [-0.39, 0.29) is 11.4 Å². The van der Waals surface area contributed by atoms with Crippen molar-refractivity contribution in [1.29, 1.82) is 0 Å². The van der Waals surface area contributed by atoms with Gasteiger partial charge in [0, 0.05) is 24.8 Å². The van der Waals surface area contributed by atoms with Gasteiger partial charge < -0.3 is 20.1 Å². The van der Waals surface area contributed by atoms with Gasteiger partial charge in [0.2, 0.25) is 0 Å². The molecule has 1 heterocycles. The van der Waals surface area contributed by atoms with E-state index in [0.717, 1.165) is 18.8 Å². The topological polar surface area (TPSA) is 47.7 Å². The van der Waals surface area contributed by atoms with E-state index < -0.39 is 6.61 Å². The number of anilines is 2. The van der Waals surface area contributed by atoms with Crippen LogP contribution in [0.2, 0.25) is 0 Å². The summed E-state index contributed by atoms with van der Waals surface area (Å²) in [6.45, 7) is -0.127. The fourth-order valence-corrected chi connectivity index (χ4v) is 1.74. The summed E-state index contributed by atoms with van der Waals surface area (Å²) in [7, 11) is 0. The van der Waals surface area contributed by atoms with Crippen LogP contribution in [-0.2, 0) is 4.74 Å². The van der Waals surface area contributed by atoms with Gasteiger partial charge in [-0.05, 0) is 12.1 Å². The normalized spacial score (nSPS) is 16.3. The van der Waals surface area contributed by atoms with Crippen molar-refractivity contribution in [3.63, 3.8) is 0 Å². The minimum absolute atomic E-state index is 0.0176. The van der Waals surface area contributed by atoms with Crippen molar-refractivity contribution in [1.82, 2.24) is 0 Å². The molecule has 4 nitrogen and oxygen atoms in total. The largest absolute Gasteiger partial charge is 0.433 e. The number of nitrogens with two attached hydrogens (primary N) is 1. The molecule has 1 fully saturated rings. The van der Waals surface area contributed by atoms with E-state index in [0.29, 0.717) is 13.2 Å². The van der Waals surface area contributed by atoms with E-state index in [2.05, 4.69) is 4.74 Å². The maximum atomic E-state index is 12.2. The Morgan fingerprint density at radius 3 is 2.65 bits per heavy atom. The van der Waals surface area contributed by atoms with Gasteiger partial charge in [-0.1, -0.05) is 0 Å². The molecule has 1 aliphatic heterocycles. The summed E-state index contributed by atoms with van der Waals surface area (Å²) in [5.74, 6) is 0.0176. The molecule has 0 radical (unpaired) electrons. The summed E-state index contributed by atoms with van der Waals surface area (Å²) in [6, 6.07) is 4.90. The number of nitrogens with zero attached hydrogens (tertiary/aromatic N) is 1. The first-order valence-electron chi connectivity index (χ1n) is 5.34. The van der Waals surface area contributed by atoms with Gasteiger partial charge in [0.25, 0.3) is 0 Å². The van der Waals surface area contributed by atoms with Crippen LogP contribution in [0.4, 0.5) is 20.2 Å². The van der Waals surface area contributed by atoms with E-state index in [1.807, 2.05) is 4.90 Å². The van der Waals surface area contributed by atoms with Gasteiger partial charge >= 0.3 is 6.61 Å². The lowest BCUT2D eigenvalue weighted by Gasteiger charge is -2.29. The second-order valence-corrected chi connectivity index (χ2v) is 3.70. The number of rotatable bonds is 3. The van der Waals surface area contributed by atoms with E-state index in [4.69, 9.17) is 10.5 Å². The van der Waals surface area contributed by atoms with Crippen LogP contribution in [-0.4, -0.2) is 32.9 Å². The van der Waals surface area contributed by atoms with Crippen molar-refractivity contribution in [2.45, 2.75) is 6.61 Å². The zero-order chi connectivity index (χ0) is 12.3. The van der Waals surface area contributed by atoms with Crippen LogP contribution in [0, 0.1) is 0 Å². The summed E-state index contributed by atoms with van der Waals surface area (Å²) in [4.78, 5) is 2.04. The highest BCUT2D eigenvalue weighted by molar-refractivity contribution is 5.62. The molecule has 1 saturated heterocycles. The maximum absolute atomic E-state index is 12.2. The van der Waals surface area contributed by atoms with Gasteiger partial charge in [0.1, 0.15) is 0 Å². The van der Waals surface area contributed by atoms with Crippen LogP contribution in [0.15, 0.2) is 18.2 Å². The van der Waals surface area contributed by atoms with Crippen LogP contribution in [0.3, 0.4) is 0 Å². The number of halogens is 2. The van der Waals surface area contributed by atoms with Gasteiger partial charge in [-0.15, -0.1) is 0 Å². The van der Waals surface area contributed by atoms with E-state index in [1.165, 1.54) is 6.07 Å². The number of ether oxygens (including phenoxy) is 2. The quantitative estimate of drug-likeness (QED) is 0.822. The molecule has 0 aliphatic carbocycles. The third-order valence-electron chi connectivity index (χ3n) is 2.59. The summed E-state index contributed by atoms with van der Waals surface area (Å²) in [5, 5.41) is 0. The summed E-state index contributed by atoms with van der Waals surface area (Å²) >= 11 is 0. The molecule has 1 aliphatic rings. The highest BCUT2D eigenvalue weighted by Crippen LogP contribution is 2.29. The third-order valence-corrected chi connectivity index (χ3v) is 2.59. The smallest absolute Gasteiger partial charge is 0.387 e. The lowest BCUT2D eigenvalue weighted by Crippen LogP contribution is -2.36. The SMILES string of the molecule is Nc1ccc(N2CCOCC2)cc1OC(F)F. The fourth-order valence-electron chi connectivity index (χ4n) is 1.74. The fraction of sp³-hybridized carbons (Fsp3) is 0.455. The Morgan fingerprint density at radius 1 is 1.29 bits per heavy atom. The molecule has 0 bridgehead atoms. The van der Waals surface area contributed by atoms with Gasteiger partial charge in [0.05, 0.1) is 18.9 Å². The van der Waals surface area contributed by atoms with E-state index in [9.17, 15) is 8.78 Å². The van der Waals surface area contributed by atoms with Crippen molar-refractivity contribution in [3.05, 3.63) is 18.2 Å². The second kappa shape index (κ2) is 5.18. The van der Waals surface area contributed by atoms with Crippen molar-refractivity contribution in [2.24, 2.45) is 0 Å². The monoisotopic (exact) mass is 244 g/mol. The van der Waals surface area contributed by atoms with Gasteiger partial charge in [-0.3, -0.25) is 0 Å². The second-order valence-electron chi connectivity index (χ2n) is 3.70. The van der Waals surface area contributed by atoms with Crippen LogP contribution in [0.5, 0.6) is 5.75 Å². The van der Waals surface area contributed by atoms with Crippen LogP contribution >= 0.6 is 0 Å². The van der Waals surface area contributed by atoms with E-state index in [1.54, 1.807) is 12.1 Å². The molecule has 2 N–H and O–H groups in total. The van der Waals surface area contributed by atoms with Crippen LogP contribution in [0.25, 0.3) is 0 Å². The van der Waals surface area contributed by atoms with Crippen LogP contribution < -0.4 is 15.4 Å². The Bertz CT molecular complexity index is 382. The summed E-state index contributed by atoms with van der Waals surface area (Å²) in [5.41, 5.74) is 6.59. The van der Waals surface area contributed by atoms with Crippen LogP contribution in [0.1, 0.15) is 0 Å². The maximum Gasteiger partial charge on any atom is 0.387 e. The molecule has 0 unspecified atom stereocenters. The molecule has 0 atom stereocenters. The van der Waals surface area contributed by atoms with Gasteiger partial charge in [-0.25, -0.2) is 0 Å². The molecule has 6 heteroatoms. The Hall–Kier alpha value is -1.56. The van der Waals surface area contributed by atoms with Crippen molar-refractivity contribution >= 4 is 11.4 Å². The minimum atomic E-state index is -2.86. The Labute approximate surface area is 97.9 Å². The predicted molar refractivity (Wildman–Crippen MR) is 60.5 cm³/mol. The highest BCUT2D eigenvalue weighted by Gasteiger charge is 2.14. The molecular weight excluding hydrogens is 230 g/mol. The number of hydrogen-bond acceptors (Lipinski definition) is 4. The van der Waals surface area contributed by atoms with Crippen molar-refractivity contribution in [3.8, 4) is 5.75 Å². The lowest BCUT2D eigenvalue weighted by atomic mass is 10.2. The number of nitrogen functional groups attached to an aromatic ring is 1. The number of hydrogen-bond donors (Lipinski definition) is 1. The highest BCUT2D eigenvalue weighted by atomic mass is 19.3. The average Bonchev–Trinajstić information content (AvgIpc) is 2.32. The zero-order valence-corrected chi connectivity index (χ0v) is 9.23. The van der Waals surface area contributed by atoms with E-state index >= 15 is 0 Å². The standard InChI is InChI=1S/C11H14F2N2O2/c12-11(13)17-10-7-8(1-2-9(10)14)15-3-5-16-6-4-15/h1-2,7,11H,3-6,14H2. The molecule has 0 saturated carbocycles. The zero-order valence-electron chi connectivity index (χ0n) is 9.23. The predicted octanol–water partition coefficient (Wildman–Crippen LogP) is 1.71. The number of benzene rings is 1. The van der Waals surface area contributed by atoms with Gasteiger partial charge in [-0.2, -0.15) is 8.78 Å². The first-order chi connectivity index (χ1) is 8.16. The van der Waals surface area contributed by atoms with Crippen molar-refractivity contribution < 1.29 is 18.3 Å². The minimum Gasteiger partial charge on any atom is -0.433 e. The average molecular weight is 244 g/mol. The summed E-state index contributed by atoms with van der Waals surface area (Å²) in [6.07, 6.45) is 0. The van der Waals surface area contributed by atoms with Gasteiger partial charge in [0.15, 0.2) is 5.75 Å². The molecule has 94 valence electrons. The molecule has 1 aromatic carbocycles. The number of morpholine rings is 1. The molecule has 17 heavy (non-hydrogen) atoms. The third kappa shape index (κ3) is 2.97. The summed E-state index contributed by atoms with van der Waals surface area (Å²) < 4.78 is 33.9. The Balaban J connectivity index is 2.17. The molecule has 0 spiro atoms. The number of alkyl halides is 2. The molecule has 2 rings (SSSR count). The lowest BCUT2D eigenvalue weighted by molar-refractivity contribution is -0.0493. The first-order valence-corrected chi connectivity index (χ1v) is 5.34. The van der Waals surface area contributed by atoms with Crippen molar-refractivity contribution in [2.75, 3.05) is 36.9 Å². The first kappa shape index (κ1) is 11.9. The Kier molecular flexibility index (Phi) is 3.63. The Morgan fingerprint density at radius 2 is 2.00 bits per heavy atom.